The van der Waals surface area contributed by atoms with Crippen molar-refractivity contribution in [2.45, 2.75) is 19.1 Å². The fourth-order valence-corrected chi connectivity index (χ4v) is 1.96. The molecule has 0 saturated heterocycles. The second-order valence-corrected chi connectivity index (χ2v) is 4.94. The molecular weight excluding hydrogens is 305 g/mol. The first-order valence-electron chi connectivity index (χ1n) is 6.93. The van der Waals surface area contributed by atoms with E-state index in [1.54, 1.807) is 37.4 Å². The fourth-order valence-electron chi connectivity index (χ4n) is 1.96. The molecule has 1 heterocycles. The van der Waals surface area contributed by atoms with Crippen LogP contribution in [0.1, 0.15) is 29.8 Å². The highest BCUT2D eigenvalue weighted by molar-refractivity contribution is 5.91. The first-order valence-corrected chi connectivity index (χ1v) is 6.93. The number of hydrogen-bond acceptors (Lipinski definition) is 2. The number of amides is 1. The molecule has 0 aliphatic carbocycles. The Morgan fingerprint density at radius 2 is 2.00 bits per heavy atom. The Morgan fingerprint density at radius 1 is 1.22 bits per heavy atom. The summed E-state index contributed by atoms with van der Waals surface area (Å²) in [6.07, 6.45) is 0.0299. The highest BCUT2D eigenvalue weighted by Crippen LogP contribution is 2.30. The molecule has 1 unspecified atom stereocenters. The van der Waals surface area contributed by atoms with E-state index >= 15 is 0 Å². The summed E-state index contributed by atoms with van der Waals surface area (Å²) in [7, 11) is 0. The fraction of sp³-hybridized carbons (Fsp3) is 0.176. The van der Waals surface area contributed by atoms with E-state index in [1.165, 1.54) is 18.2 Å². The van der Waals surface area contributed by atoms with Crippen molar-refractivity contribution in [1.82, 2.24) is 10.3 Å². The smallest absolute Gasteiger partial charge is 0.346 e. The van der Waals surface area contributed by atoms with Crippen molar-refractivity contribution < 1.29 is 18.0 Å². The van der Waals surface area contributed by atoms with E-state index in [2.05, 4.69) is 10.3 Å². The minimum Gasteiger partial charge on any atom is -0.346 e. The van der Waals surface area contributed by atoms with Crippen LogP contribution in [0.15, 0.2) is 54.7 Å². The Bertz CT molecular complexity index is 696. The lowest BCUT2D eigenvalue weighted by Crippen LogP contribution is -2.24. The average Bonchev–Trinajstić information content (AvgIpc) is 2.53. The van der Waals surface area contributed by atoms with Crippen molar-refractivity contribution in [3.63, 3.8) is 0 Å². The lowest BCUT2D eigenvalue weighted by molar-refractivity contribution is -0.137. The van der Waals surface area contributed by atoms with Gasteiger partial charge in [-0.2, -0.15) is 13.2 Å². The molecule has 2 aromatic rings. The third kappa shape index (κ3) is 4.95. The van der Waals surface area contributed by atoms with Crippen molar-refractivity contribution in [3.8, 4) is 0 Å². The molecule has 6 heteroatoms. The number of aromatic nitrogens is 1. The zero-order valence-corrected chi connectivity index (χ0v) is 12.3. The quantitative estimate of drug-likeness (QED) is 0.866. The molecule has 0 bridgehead atoms. The van der Waals surface area contributed by atoms with Gasteiger partial charge in [-0.15, -0.1) is 0 Å². The first kappa shape index (κ1) is 16.7. The maximum Gasteiger partial charge on any atom is 0.416 e. The molecule has 2 rings (SSSR count). The molecule has 120 valence electrons. The molecular formula is C17H15F3N2O. The largest absolute Gasteiger partial charge is 0.416 e. The Morgan fingerprint density at radius 3 is 2.65 bits per heavy atom. The van der Waals surface area contributed by atoms with Crippen LogP contribution >= 0.6 is 0 Å². The van der Waals surface area contributed by atoms with Gasteiger partial charge in [0.25, 0.3) is 0 Å². The van der Waals surface area contributed by atoms with Crippen molar-refractivity contribution in [2.75, 3.05) is 0 Å². The zero-order valence-electron chi connectivity index (χ0n) is 12.3. The number of nitrogens with one attached hydrogen (secondary N) is 1. The van der Waals surface area contributed by atoms with E-state index in [0.717, 1.165) is 12.1 Å². The molecule has 1 N–H and O–H groups in total. The van der Waals surface area contributed by atoms with E-state index in [0.29, 0.717) is 11.3 Å². The summed E-state index contributed by atoms with van der Waals surface area (Å²) < 4.78 is 38.1. The van der Waals surface area contributed by atoms with E-state index in [4.69, 9.17) is 0 Å². The number of alkyl halides is 3. The van der Waals surface area contributed by atoms with Gasteiger partial charge in [-0.25, -0.2) is 0 Å². The van der Waals surface area contributed by atoms with Crippen LogP contribution in [0.25, 0.3) is 6.08 Å². The van der Waals surface area contributed by atoms with Crippen molar-refractivity contribution >= 4 is 12.0 Å². The van der Waals surface area contributed by atoms with Gasteiger partial charge in [0.1, 0.15) is 0 Å². The molecule has 0 fully saturated rings. The second kappa shape index (κ2) is 7.09. The number of nitrogens with zero attached hydrogens (tertiary/aromatic N) is 1. The highest BCUT2D eigenvalue weighted by atomic mass is 19.4. The highest BCUT2D eigenvalue weighted by Gasteiger charge is 2.30. The molecule has 1 amide bonds. The van der Waals surface area contributed by atoms with Crippen molar-refractivity contribution in [2.24, 2.45) is 0 Å². The Hall–Kier alpha value is -2.63. The Labute approximate surface area is 131 Å². The summed E-state index contributed by atoms with van der Waals surface area (Å²) in [5.74, 6) is -0.402. The lowest BCUT2D eigenvalue weighted by Gasteiger charge is -2.15. The normalized spacial score (nSPS) is 13.0. The molecule has 23 heavy (non-hydrogen) atoms. The molecule has 1 aromatic carbocycles. The number of halogens is 3. The SMILES string of the molecule is CC(NC(=O)/C=C/c1ccccn1)c1cccc(C(F)(F)F)c1. The van der Waals surface area contributed by atoms with Gasteiger partial charge in [-0.05, 0) is 42.8 Å². The van der Waals surface area contributed by atoms with Crippen LogP contribution in [0.5, 0.6) is 0 Å². The number of hydrogen-bond donors (Lipinski definition) is 1. The van der Waals surface area contributed by atoms with Gasteiger partial charge in [-0.1, -0.05) is 18.2 Å². The summed E-state index contributed by atoms with van der Waals surface area (Å²) in [6, 6.07) is 9.64. The summed E-state index contributed by atoms with van der Waals surface area (Å²) in [5, 5.41) is 2.62. The van der Waals surface area contributed by atoms with Gasteiger partial charge in [0.05, 0.1) is 17.3 Å². The monoisotopic (exact) mass is 320 g/mol. The summed E-state index contributed by atoms with van der Waals surface area (Å²) in [4.78, 5) is 15.9. The average molecular weight is 320 g/mol. The van der Waals surface area contributed by atoms with Crippen molar-refractivity contribution in [1.29, 1.82) is 0 Å². The van der Waals surface area contributed by atoms with Crippen LogP contribution in [-0.2, 0) is 11.0 Å². The van der Waals surface area contributed by atoms with Crippen molar-refractivity contribution in [3.05, 3.63) is 71.6 Å². The van der Waals surface area contributed by atoms with Crippen LogP contribution in [0, 0.1) is 0 Å². The minimum atomic E-state index is -4.40. The molecule has 0 aliphatic heterocycles. The molecule has 3 nitrogen and oxygen atoms in total. The molecule has 1 aromatic heterocycles. The van der Waals surface area contributed by atoms with Crippen LogP contribution in [-0.4, -0.2) is 10.9 Å². The third-order valence-corrected chi connectivity index (χ3v) is 3.17. The Kier molecular flexibility index (Phi) is 5.16. The molecule has 0 saturated carbocycles. The standard InChI is InChI=1S/C17H15F3N2O/c1-12(13-5-4-6-14(11-13)17(18,19)20)22-16(23)9-8-15-7-2-3-10-21-15/h2-12H,1H3,(H,22,23)/b9-8+. The van der Waals surface area contributed by atoms with Crippen LogP contribution in [0.2, 0.25) is 0 Å². The van der Waals surface area contributed by atoms with Gasteiger partial charge >= 0.3 is 6.18 Å². The molecule has 0 radical (unpaired) electrons. The van der Waals surface area contributed by atoms with E-state index in [-0.39, 0.29) is 0 Å². The first-order chi connectivity index (χ1) is 10.9. The van der Waals surface area contributed by atoms with Crippen LogP contribution < -0.4 is 5.32 Å². The van der Waals surface area contributed by atoms with E-state index < -0.39 is 23.7 Å². The number of carbonyl (C=O) groups is 1. The lowest BCUT2D eigenvalue weighted by atomic mass is 10.0. The van der Waals surface area contributed by atoms with Gasteiger partial charge in [0.15, 0.2) is 0 Å². The maximum atomic E-state index is 12.7. The number of carbonyl (C=O) groups excluding carboxylic acids is 1. The topological polar surface area (TPSA) is 42.0 Å². The third-order valence-electron chi connectivity index (χ3n) is 3.17. The van der Waals surface area contributed by atoms with Crippen LogP contribution in [0.3, 0.4) is 0 Å². The van der Waals surface area contributed by atoms with E-state index in [1.807, 2.05) is 0 Å². The number of pyridine rings is 1. The number of rotatable bonds is 4. The Balaban J connectivity index is 2.03. The summed E-state index contributed by atoms with van der Waals surface area (Å²) in [6.45, 7) is 1.63. The van der Waals surface area contributed by atoms with Gasteiger partial charge in [0.2, 0.25) is 5.91 Å². The predicted molar refractivity (Wildman–Crippen MR) is 81.3 cm³/mol. The second-order valence-electron chi connectivity index (χ2n) is 4.94. The number of benzene rings is 1. The van der Waals surface area contributed by atoms with Gasteiger partial charge in [-0.3, -0.25) is 9.78 Å². The molecule has 1 atom stereocenters. The summed E-state index contributed by atoms with van der Waals surface area (Å²) in [5.41, 5.74) is 0.272. The van der Waals surface area contributed by atoms with Crippen LogP contribution in [0.4, 0.5) is 13.2 Å². The predicted octanol–water partition coefficient (Wildman–Crippen LogP) is 3.99. The molecule has 0 aliphatic rings. The van der Waals surface area contributed by atoms with Gasteiger partial charge < -0.3 is 5.32 Å². The van der Waals surface area contributed by atoms with E-state index in [9.17, 15) is 18.0 Å². The zero-order chi connectivity index (χ0) is 16.9. The van der Waals surface area contributed by atoms with Gasteiger partial charge in [0, 0.05) is 12.3 Å². The molecule has 0 spiro atoms. The minimum absolute atomic E-state index is 0.388. The maximum absolute atomic E-state index is 12.7. The summed E-state index contributed by atoms with van der Waals surface area (Å²) >= 11 is 0.